The minimum Gasteiger partial charge on any atom is -0.495 e. The monoisotopic (exact) mass is 469 g/mol. The van der Waals surface area contributed by atoms with Crippen molar-refractivity contribution in [3.8, 4) is 45.5 Å². The number of aromatic amines is 1. The van der Waals surface area contributed by atoms with Gasteiger partial charge in [-0.25, -0.2) is 0 Å². The maximum Gasteiger partial charge on any atom is 0.241 e. The van der Waals surface area contributed by atoms with Crippen molar-refractivity contribution in [3.63, 3.8) is 0 Å². The van der Waals surface area contributed by atoms with Crippen molar-refractivity contribution in [2.24, 2.45) is 5.73 Å². The van der Waals surface area contributed by atoms with E-state index in [0.29, 0.717) is 52.1 Å². The third-order valence-electron chi connectivity index (χ3n) is 5.42. The average Bonchev–Trinajstić information content (AvgIpc) is 3.36. The quantitative estimate of drug-likeness (QED) is 0.388. The number of benzene rings is 2. The second kappa shape index (κ2) is 11.4. The predicted molar refractivity (Wildman–Crippen MR) is 130 cm³/mol. The Morgan fingerprint density at radius 1 is 0.941 bits per heavy atom. The van der Waals surface area contributed by atoms with Gasteiger partial charge in [-0.15, -0.1) is 0 Å². The van der Waals surface area contributed by atoms with Crippen molar-refractivity contribution in [2.45, 2.75) is 32.2 Å². The van der Waals surface area contributed by atoms with Crippen LogP contribution in [0.3, 0.4) is 0 Å². The van der Waals surface area contributed by atoms with E-state index in [1.807, 2.05) is 6.07 Å². The molecule has 0 bridgehead atoms. The van der Waals surface area contributed by atoms with Gasteiger partial charge in [-0.1, -0.05) is 19.8 Å². The van der Waals surface area contributed by atoms with Crippen LogP contribution in [0.25, 0.3) is 22.5 Å². The molecule has 10 heteroatoms. The Kier molecular flexibility index (Phi) is 8.31. The van der Waals surface area contributed by atoms with Gasteiger partial charge < -0.3 is 30.0 Å². The molecule has 0 aliphatic heterocycles. The fourth-order valence-electron chi connectivity index (χ4n) is 3.58. The first kappa shape index (κ1) is 24.8. The Morgan fingerprint density at radius 3 is 2.12 bits per heavy atom. The average molecular weight is 470 g/mol. The van der Waals surface area contributed by atoms with Gasteiger partial charge in [0.25, 0.3) is 0 Å². The minimum absolute atomic E-state index is 0.270. The third kappa shape index (κ3) is 5.23. The zero-order valence-electron chi connectivity index (χ0n) is 20.1. The summed E-state index contributed by atoms with van der Waals surface area (Å²) in [5.41, 5.74) is 9.11. The van der Waals surface area contributed by atoms with Crippen molar-refractivity contribution in [1.29, 1.82) is 0 Å². The molecule has 1 aromatic heterocycles. The van der Waals surface area contributed by atoms with E-state index in [1.54, 1.807) is 52.7 Å². The SMILES string of the molecule is CCCCC(N)C(=O)Nc1cc(-c2n[nH]nc2-c2cc(OC)c(OC)c(OC)c2)ccc1OC. The zero-order valence-corrected chi connectivity index (χ0v) is 20.1. The number of unbranched alkanes of at least 4 members (excludes halogenated alkanes) is 1. The molecule has 1 unspecified atom stereocenters. The Labute approximate surface area is 198 Å². The van der Waals surface area contributed by atoms with E-state index in [4.69, 9.17) is 24.7 Å². The lowest BCUT2D eigenvalue weighted by molar-refractivity contribution is -0.117. The molecule has 0 saturated heterocycles. The maximum atomic E-state index is 12.6. The third-order valence-corrected chi connectivity index (χ3v) is 5.42. The molecule has 1 atom stereocenters. The van der Waals surface area contributed by atoms with Crippen molar-refractivity contribution in [2.75, 3.05) is 33.8 Å². The molecule has 3 rings (SSSR count). The van der Waals surface area contributed by atoms with Crippen LogP contribution in [0.5, 0.6) is 23.0 Å². The van der Waals surface area contributed by atoms with Crippen LogP contribution in [-0.4, -0.2) is 55.8 Å². The highest BCUT2D eigenvalue weighted by Gasteiger charge is 2.21. The molecule has 1 heterocycles. The number of amides is 1. The Bertz CT molecular complexity index is 1110. The number of aromatic nitrogens is 3. The molecule has 3 aromatic rings. The minimum atomic E-state index is -0.602. The molecule has 0 saturated carbocycles. The van der Waals surface area contributed by atoms with E-state index >= 15 is 0 Å². The summed E-state index contributed by atoms with van der Waals surface area (Å²) in [5.74, 6) is 1.71. The number of nitrogens with one attached hydrogen (secondary N) is 2. The van der Waals surface area contributed by atoms with E-state index in [2.05, 4.69) is 27.7 Å². The molecule has 34 heavy (non-hydrogen) atoms. The van der Waals surface area contributed by atoms with Crippen LogP contribution >= 0.6 is 0 Å². The number of nitrogens with zero attached hydrogens (tertiary/aromatic N) is 2. The molecule has 0 fully saturated rings. The molecular weight excluding hydrogens is 438 g/mol. The van der Waals surface area contributed by atoms with E-state index < -0.39 is 6.04 Å². The van der Waals surface area contributed by atoms with Crippen molar-refractivity contribution < 1.29 is 23.7 Å². The summed E-state index contributed by atoms with van der Waals surface area (Å²) in [4.78, 5) is 12.6. The zero-order chi connectivity index (χ0) is 24.7. The topological polar surface area (TPSA) is 134 Å². The van der Waals surface area contributed by atoms with E-state index in [-0.39, 0.29) is 5.91 Å². The van der Waals surface area contributed by atoms with Gasteiger partial charge in [0.2, 0.25) is 11.7 Å². The largest absolute Gasteiger partial charge is 0.495 e. The lowest BCUT2D eigenvalue weighted by Gasteiger charge is -2.15. The summed E-state index contributed by atoms with van der Waals surface area (Å²) in [5, 5.41) is 14.2. The molecule has 0 spiro atoms. The fourth-order valence-corrected chi connectivity index (χ4v) is 3.58. The second-order valence-electron chi connectivity index (χ2n) is 7.59. The van der Waals surface area contributed by atoms with Crippen molar-refractivity contribution in [3.05, 3.63) is 30.3 Å². The molecular formula is C24H31N5O5. The highest BCUT2D eigenvalue weighted by Crippen LogP contribution is 2.42. The summed E-state index contributed by atoms with van der Waals surface area (Å²) >= 11 is 0. The van der Waals surface area contributed by atoms with E-state index in [0.717, 1.165) is 18.4 Å². The molecule has 4 N–H and O–H groups in total. The first-order valence-corrected chi connectivity index (χ1v) is 10.9. The normalized spacial score (nSPS) is 11.6. The summed E-state index contributed by atoms with van der Waals surface area (Å²) < 4.78 is 21.8. The summed E-state index contributed by atoms with van der Waals surface area (Å²) in [6.07, 6.45) is 2.46. The van der Waals surface area contributed by atoms with Crippen molar-refractivity contribution in [1.82, 2.24) is 15.4 Å². The van der Waals surface area contributed by atoms with Gasteiger partial charge in [0.1, 0.15) is 17.1 Å². The van der Waals surface area contributed by atoms with E-state index in [9.17, 15) is 4.79 Å². The summed E-state index contributed by atoms with van der Waals surface area (Å²) in [6, 6.07) is 8.36. The van der Waals surface area contributed by atoms with Gasteiger partial charge in [0, 0.05) is 11.1 Å². The number of anilines is 1. The number of hydrogen-bond acceptors (Lipinski definition) is 8. The van der Waals surface area contributed by atoms with E-state index in [1.165, 1.54) is 0 Å². The van der Waals surface area contributed by atoms with Crippen LogP contribution in [0.4, 0.5) is 5.69 Å². The number of methoxy groups -OCH3 is 4. The number of H-pyrrole nitrogens is 1. The Balaban J connectivity index is 2.00. The smallest absolute Gasteiger partial charge is 0.241 e. The van der Waals surface area contributed by atoms with Crippen LogP contribution < -0.4 is 30.0 Å². The molecule has 182 valence electrons. The molecule has 0 aliphatic rings. The first-order chi connectivity index (χ1) is 16.5. The molecule has 1 amide bonds. The molecule has 0 aliphatic carbocycles. The number of carbonyl (C=O) groups is 1. The highest BCUT2D eigenvalue weighted by molar-refractivity contribution is 5.97. The first-order valence-electron chi connectivity index (χ1n) is 10.9. The van der Waals surface area contributed by atoms with Crippen molar-refractivity contribution >= 4 is 11.6 Å². The maximum absolute atomic E-state index is 12.6. The predicted octanol–water partition coefficient (Wildman–Crippen LogP) is 3.63. The molecule has 0 radical (unpaired) electrons. The Morgan fingerprint density at radius 2 is 1.56 bits per heavy atom. The van der Waals surface area contributed by atoms with Crippen LogP contribution in [0.2, 0.25) is 0 Å². The lowest BCUT2D eigenvalue weighted by Crippen LogP contribution is -2.35. The van der Waals surface area contributed by atoms with Gasteiger partial charge >= 0.3 is 0 Å². The van der Waals surface area contributed by atoms with Gasteiger partial charge in [0.05, 0.1) is 40.2 Å². The number of rotatable bonds is 11. The standard InChI is InChI=1S/C24H31N5O5/c1-6-7-8-16(25)24(30)26-17-11-14(9-10-18(17)31-2)21-22(28-29-27-21)15-12-19(32-3)23(34-5)20(13-15)33-4/h9-13,16H,6-8,25H2,1-5H3,(H,26,30)(H,27,28,29). The van der Waals surface area contributed by atoms with Gasteiger partial charge in [-0.3, -0.25) is 4.79 Å². The van der Waals surface area contributed by atoms with Crippen LogP contribution in [0.15, 0.2) is 30.3 Å². The van der Waals surface area contributed by atoms with Crippen LogP contribution in [0.1, 0.15) is 26.2 Å². The summed E-state index contributed by atoms with van der Waals surface area (Å²) in [6.45, 7) is 2.06. The number of nitrogens with two attached hydrogens (primary N) is 1. The van der Waals surface area contributed by atoms with Gasteiger partial charge in [-0.2, -0.15) is 15.4 Å². The Hall–Kier alpha value is -3.79. The highest BCUT2D eigenvalue weighted by atomic mass is 16.5. The fraction of sp³-hybridized carbons (Fsp3) is 0.375. The number of carbonyl (C=O) groups excluding carboxylic acids is 1. The molecule has 10 nitrogen and oxygen atoms in total. The summed E-state index contributed by atoms with van der Waals surface area (Å²) in [7, 11) is 6.19. The second-order valence-corrected chi connectivity index (χ2v) is 7.59. The number of hydrogen-bond donors (Lipinski definition) is 3. The lowest BCUT2D eigenvalue weighted by atomic mass is 10.0. The number of ether oxygens (including phenoxy) is 4. The van der Waals surface area contributed by atoms with Crippen LogP contribution in [0, 0.1) is 0 Å². The van der Waals surface area contributed by atoms with Gasteiger partial charge in [-0.05, 0) is 36.8 Å². The van der Waals surface area contributed by atoms with Crippen LogP contribution in [-0.2, 0) is 4.79 Å². The molecule has 2 aromatic carbocycles. The van der Waals surface area contributed by atoms with Gasteiger partial charge in [0.15, 0.2) is 11.5 Å².